The third-order valence-electron chi connectivity index (χ3n) is 4.27. The summed E-state index contributed by atoms with van der Waals surface area (Å²) in [6.45, 7) is 3.58. The molecule has 4 rings (SSSR count). The molecule has 0 N–H and O–H groups in total. The average molecular weight is 348 g/mol. The van der Waals surface area contributed by atoms with Gasteiger partial charge in [0.2, 0.25) is 5.82 Å². The lowest BCUT2D eigenvalue weighted by atomic mass is 10.1. The summed E-state index contributed by atoms with van der Waals surface area (Å²) in [5.41, 5.74) is 1.28. The maximum atomic E-state index is 5.47. The molecule has 26 heavy (non-hydrogen) atoms. The van der Waals surface area contributed by atoms with Crippen molar-refractivity contribution in [2.45, 2.75) is 32.4 Å². The van der Waals surface area contributed by atoms with Crippen LogP contribution in [-0.4, -0.2) is 29.5 Å². The molecule has 0 aliphatic carbocycles. The number of furan rings is 1. The van der Waals surface area contributed by atoms with Crippen molar-refractivity contribution in [2.24, 2.45) is 0 Å². The first-order valence-electron chi connectivity index (χ1n) is 8.64. The third-order valence-corrected chi connectivity index (χ3v) is 4.27. The molecule has 0 fully saturated rings. The molecule has 0 bridgehead atoms. The molecule has 1 atom stereocenters. The van der Waals surface area contributed by atoms with E-state index in [0.717, 1.165) is 18.8 Å². The van der Waals surface area contributed by atoms with E-state index in [0.29, 0.717) is 18.1 Å². The SMILES string of the molecule is CC(Cn1cncn1)c1nc(-c2ccco2)nn1CCc1ccccc1. The first-order chi connectivity index (χ1) is 12.8. The molecular weight excluding hydrogens is 328 g/mol. The number of hydrogen-bond acceptors (Lipinski definition) is 5. The van der Waals surface area contributed by atoms with Crippen LogP contribution in [0, 0.1) is 0 Å². The first kappa shape index (κ1) is 16.3. The van der Waals surface area contributed by atoms with Gasteiger partial charge in [-0.25, -0.2) is 14.6 Å². The highest BCUT2D eigenvalue weighted by Crippen LogP contribution is 2.22. The van der Waals surface area contributed by atoms with Crippen molar-refractivity contribution in [1.29, 1.82) is 0 Å². The fourth-order valence-electron chi connectivity index (χ4n) is 2.96. The zero-order chi connectivity index (χ0) is 17.8. The zero-order valence-electron chi connectivity index (χ0n) is 14.6. The summed E-state index contributed by atoms with van der Waals surface area (Å²) in [5, 5.41) is 8.88. The van der Waals surface area contributed by atoms with Crippen LogP contribution in [0.25, 0.3) is 11.6 Å². The maximum Gasteiger partial charge on any atom is 0.217 e. The van der Waals surface area contributed by atoms with Crippen molar-refractivity contribution < 1.29 is 4.42 Å². The Kier molecular flexibility index (Phi) is 4.59. The van der Waals surface area contributed by atoms with Gasteiger partial charge in [-0.1, -0.05) is 37.3 Å². The number of hydrogen-bond donors (Lipinski definition) is 0. The largest absolute Gasteiger partial charge is 0.461 e. The number of nitrogens with zero attached hydrogens (tertiary/aromatic N) is 6. The molecule has 1 aromatic carbocycles. The second-order valence-corrected chi connectivity index (χ2v) is 6.25. The molecule has 132 valence electrons. The van der Waals surface area contributed by atoms with E-state index in [-0.39, 0.29) is 5.92 Å². The predicted octanol–water partition coefficient (Wildman–Crippen LogP) is 3.18. The van der Waals surface area contributed by atoms with E-state index < -0.39 is 0 Å². The number of aromatic nitrogens is 6. The summed E-state index contributed by atoms with van der Waals surface area (Å²) in [7, 11) is 0. The van der Waals surface area contributed by atoms with Crippen LogP contribution in [0.4, 0.5) is 0 Å². The second kappa shape index (κ2) is 7.35. The van der Waals surface area contributed by atoms with E-state index in [4.69, 9.17) is 9.40 Å². The first-order valence-corrected chi connectivity index (χ1v) is 8.64. The molecule has 7 heteroatoms. The van der Waals surface area contributed by atoms with Crippen LogP contribution in [0.1, 0.15) is 24.2 Å². The lowest BCUT2D eigenvalue weighted by Crippen LogP contribution is -2.15. The molecular formula is C19H20N6O. The maximum absolute atomic E-state index is 5.47. The van der Waals surface area contributed by atoms with Crippen LogP contribution in [0.5, 0.6) is 0 Å². The van der Waals surface area contributed by atoms with Crippen molar-refractivity contribution in [3.8, 4) is 11.6 Å². The van der Waals surface area contributed by atoms with Gasteiger partial charge < -0.3 is 4.42 Å². The molecule has 0 aliphatic heterocycles. The van der Waals surface area contributed by atoms with Gasteiger partial charge >= 0.3 is 0 Å². The van der Waals surface area contributed by atoms with E-state index in [1.165, 1.54) is 5.56 Å². The fourth-order valence-corrected chi connectivity index (χ4v) is 2.96. The van der Waals surface area contributed by atoms with Crippen molar-refractivity contribution >= 4 is 0 Å². The van der Waals surface area contributed by atoms with E-state index >= 15 is 0 Å². The zero-order valence-corrected chi connectivity index (χ0v) is 14.6. The standard InChI is InChI=1S/C19H20N6O/c1-15(12-24-14-20-13-21-24)19-22-18(17-8-5-11-26-17)23-25(19)10-9-16-6-3-2-4-7-16/h2-8,11,13-15H,9-10,12H2,1H3. The molecule has 0 saturated heterocycles. The minimum atomic E-state index is 0.142. The molecule has 3 aromatic heterocycles. The van der Waals surface area contributed by atoms with Gasteiger partial charge in [-0.15, -0.1) is 5.10 Å². The molecule has 0 aliphatic rings. The van der Waals surface area contributed by atoms with E-state index in [1.54, 1.807) is 18.9 Å². The van der Waals surface area contributed by atoms with Gasteiger partial charge in [0.25, 0.3) is 0 Å². The minimum absolute atomic E-state index is 0.142. The van der Waals surface area contributed by atoms with Crippen molar-refractivity contribution in [3.63, 3.8) is 0 Å². The Bertz CT molecular complexity index is 928. The molecule has 4 aromatic rings. The molecule has 0 radical (unpaired) electrons. The molecule has 0 spiro atoms. The normalized spacial score (nSPS) is 12.3. The molecule has 0 amide bonds. The van der Waals surface area contributed by atoms with Crippen LogP contribution in [0.2, 0.25) is 0 Å². The van der Waals surface area contributed by atoms with E-state index in [9.17, 15) is 0 Å². The quantitative estimate of drug-likeness (QED) is 0.513. The highest BCUT2D eigenvalue weighted by Gasteiger charge is 2.19. The van der Waals surface area contributed by atoms with Crippen LogP contribution in [-0.2, 0) is 19.5 Å². The van der Waals surface area contributed by atoms with E-state index in [2.05, 4.69) is 46.4 Å². The topological polar surface area (TPSA) is 74.6 Å². The Morgan fingerprint density at radius 1 is 1.12 bits per heavy atom. The Labute approximate surface area is 151 Å². The van der Waals surface area contributed by atoms with Gasteiger partial charge in [-0.2, -0.15) is 5.10 Å². The van der Waals surface area contributed by atoms with Crippen molar-refractivity contribution in [3.05, 3.63) is 72.8 Å². The Balaban J connectivity index is 1.59. The summed E-state index contributed by atoms with van der Waals surface area (Å²) >= 11 is 0. The Hall–Kier alpha value is -3.22. The van der Waals surface area contributed by atoms with Gasteiger partial charge in [0.05, 0.1) is 12.8 Å². The number of benzene rings is 1. The Morgan fingerprint density at radius 2 is 2.00 bits per heavy atom. The molecule has 0 saturated carbocycles. The fraction of sp³-hybridized carbons (Fsp3) is 0.263. The van der Waals surface area contributed by atoms with Crippen LogP contribution in [0.15, 0.2) is 65.8 Å². The van der Waals surface area contributed by atoms with Gasteiger partial charge in [0.1, 0.15) is 18.5 Å². The highest BCUT2D eigenvalue weighted by molar-refractivity contribution is 5.45. The Morgan fingerprint density at radius 3 is 2.73 bits per heavy atom. The van der Waals surface area contributed by atoms with Crippen LogP contribution >= 0.6 is 0 Å². The molecule has 1 unspecified atom stereocenters. The van der Waals surface area contributed by atoms with Crippen molar-refractivity contribution in [1.82, 2.24) is 29.5 Å². The summed E-state index contributed by atoms with van der Waals surface area (Å²) in [6.07, 6.45) is 5.79. The second-order valence-electron chi connectivity index (χ2n) is 6.25. The number of aryl methyl sites for hydroxylation is 2. The van der Waals surface area contributed by atoms with Gasteiger partial charge in [-0.3, -0.25) is 4.68 Å². The molecule has 3 heterocycles. The summed E-state index contributed by atoms with van der Waals surface area (Å²) < 4.78 is 9.26. The number of rotatable bonds is 7. The van der Waals surface area contributed by atoms with Gasteiger partial charge in [0, 0.05) is 12.5 Å². The summed E-state index contributed by atoms with van der Waals surface area (Å²) in [6, 6.07) is 14.1. The predicted molar refractivity (Wildman–Crippen MR) is 96.3 cm³/mol. The monoisotopic (exact) mass is 348 g/mol. The summed E-state index contributed by atoms with van der Waals surface area (Å²) in [5.74, 6) is 2.35. The highest BCUT2D eigenvalue weighted by atomic mass is 16.3. The van der Waals surface area contributed by atoms with Crippen molar-refractivity contribution in [2.75, 3.05) is 0 Å². The van der Waals surface area contributed by atoms with E-state index in [1.807, 2.05) is 27.6 Å². The van der Waals surface area contributed by atoms with Crippen LogP contribution in [0.3, 0.4) is 0 Å². The average Bonchev–Trinajstić information content (AvgIpc) is 3.41. The van der Waals surface area contributed by atoms with Crippen LogP contribution < -0.4 is 0 Å². The smallest absolute Gasteiger partial charge is 0.217 e. The lowest BCUT2D eigenvalue weighted by molar-refractivity contribution is 0.481. The minimum Gasteiger partial charge on any atom is -0.461 e. The lowest BCUT2D eigenvalue weighted by Gasteiger charge is -2.12. The van der Waals surface area contributed by atoms with Gasteiger partial charge in [-0.05, 0) is 24.1 Å². The molecule has 7 nitrogen and oxygen atoms in total. The summed E-state index contributed by atoms with van der Waals surface area (Å²) in [4.78, 5) is 8.75. The van der Waals surface area contributed by atoms with Gasteiger partial charge in [0.15, 0.2) is 5.76 Å². The third kappa shape index (κ3) is 3.56.